The fraction of sp³-hybridized carbons (Fsp3) is 0.625. The highest BCUT2D eigenvalue weighted by molar-refractivity contribution is 5.58. The second-order valence-electron chi connectivity index (χ2n) is 6.05. The van der Waals surface area contributed by atoms with Crippen LogP contribution in [0.4, 0.5) is 11.4 Å². The molecule has 0 amide bonds. The maximum absolute atomic E-state index is 10.9. The summed E-state index contributed by atoms with van der Waals surface area (Å²) < 4.78 is 10.9. The van der Waals surface area contributed by atoms with Crippen LogP contribution in [0.3, 0.4) is 0 Å². The summed E-state index contributed by atoms with van der Waals surface area (Å²) in [6.07, 6.45) is 0.507. The third-order valence-corrected chi connectivity index (χ3v) is 4.05. The highest BCUT2D eigenvalue weighted by atomic mass is 16.6. The van der Waals surface area contributed by atoms with Crippen molar-refractivity contribution in [3.8, 4) is 5.75 Å². The Morgan fingerprint density at radius 2 is 2.04 bits per heavy atom. The highest BCUT2D eigenvalue weighted by Crippen LogP contribution is 2.30. The lowest BCUT2D eigenvalue weighted by atomic mass is 10.2. The highest BCUT2D eigenvalue weighted by Gasteiger charge is 2.22. The average molecular weight is 323 g/mol. The van der Waals surface area contributed by atoms with Crippen LogP contribution in [-0.4, -0.2) is 62.4 Å². The molecule has 0 unspecified atom stereocenters. The van der Waals surface area contributed by atoms with Crippen molar-refractivity contribution < 1.29 is 14.4 Å². The van der Waals surface area contributed by atoms with Crippen LogP contribution in [0.1, 0.15) is 13.8 Å². The van der Waals surface area contributed by atoms with E-state index in [1.54, 1.807) is 12.1 Å². The molecular formula is C16H25N3O4. The predicted octanol–water partition coefficient (Wildman–Crippen LogP) is 2.15. The number of nitro benzene ring substituents is 1. The maximum Gasteiger partial charge on any atom is 0.311 e. The lowest BCUT2D eigenvalue weighted by molar-refractivity contribution is -0.385. The van der Waals surface area contributed by atoms with Gasteiger partial charge in [0, 0.05) is 51.0 Å². The van der Waals surface area contributed by atoms with Crippen LogP contribution in [0.2, 0.25) is 0 Å². The van der Waals surface area contributed by atoms with Gasteiger partial charge in [-0.15, -0.1) is 0 Å². The normalized spacial score (nSPS) is 21.9. The first-order valence-corrected chi connectivity index (χ1v) is 7.82. The molecule has 1 saturated heterocycles. The summed E-state index contributed by atoms with van der Waals surface area (Å²) in [5.41, 5.74) is 0.891. The number of methoxy groups -OCH3 is 1. The number of likely N-dealkylation sites (N-methyl/N-ethyl adjacent to an activating group) is 1. The van der Waals surface area contributed by atoms with Crippen molar-refractivity contribution in [3.05, 3.63) is 28.3 Å². The van der Waals surface area contributed by atoms with Crippen molar-refractivity contribution in [3.63, 3.8) is 0 Å². The van der Waals surface area contributed by atoms with Gasteiger partial charge < -0.3 is 14.4 Å². The fourth-order valence-corrected chi connectivity index (χ4v) is 2.94. The lowest BCUT2D eigenvalue weighted by Crippen LogP contribution is -2.47. The topological polar surface area (TPSA) is 68.1 Å². The fourth-order valence-electron chi connectivity index (χ4n) is 2.94. The first-order chi connectivity index (χ1) is 10.9. The molecule has 1 heterocycles. The number of rotatable bonds is 6. The van der Waals surface area contributed by atoms with Crippen LogP contribution >= 0.6 is 0 Å². The van der Waals surface area contributed by atoms with Gasteiger partial charge in [0.25, 0.3) is 0 Å². The van der Waals surface area contributed by atoms with Crippen molar-refractivity contribution >= 4 is 11.4 Å². The summed E-state index contributed by atoms with van der Waals surface area (Å²) in [7, 11) is 3.43. The zero-order chi connectivity index (χ0) is 17.0. The molecule has 1 aliphatic rings. The zero-order valence-corrected chi connectivity index (χ0v) is 14.2. The van der Waals surface area contributed by atoms with Gasteiger partial charge in [0.05, 0.1) is 24.2 Å². The number of hydrogen-bond acceptors (Lipinski definition) is 6. The molecule has 1 fully saturated rings. The summed E-state index contributed by atoms with van der Waals surface area (Å²) in [6.45, 7) is 7.80. The van der Waals surface area contributed by atoms with Crippen molar-refractivity contribution in [2.45, 2.75) is 26.1 Å². The van der Waals surface area contributed by atoms with Crippen LogP contribution in [0.25, 0.3) is 0 Å². The maximum atomic E-state index is 10.9. The minimum atomic E-state index is -0.431. The van der Waals surface area contributed by atoms with Gasteiger partial charge in [-0.25, -0.2) is 0 Å². The van der Waals surface area contributed by atoms with Crippen LogP contribution in [0.15, 0.2) is 18.2 Å². The minimum absolute atomic E-state index is 0.0134. The van der Waals surface area contributed by atoms with Crippen molar-refractivity contribution in [2.75, 3.05) is 45.2 Å². The lowest BCUT2D eigenvalue weighted by Gasteiger charge is -2.36. The zero-order valence-electron chi connectivity index (χ0n) is 14.2. The van der Waals surface area contributed by atoms with Gasteiger partial charge in [-0.2, -0.15) is 0 Å². The van der Waals surface area contributed by atoms with Gasteiger partial charge >= 0.3 is 5.69 Å². The van der Waals surface area contributed by atoms with Gasteiger partial charge in [-0.05, 0) is 19.9 Å². The molecule has 1 aliphatic heterocycles. The second-order valence-corrected chi connectivity index (χ2v) is 6.05. The van der Waals surface area contributed by atoms with E-state index in [-0.39, 0.29) is 23.6 Å². The van der Waals surface area contributed by atoms with Gasteiger partial charge in [0.2, 0.25) is 0 Å². The third-order valence-electron chi connectivity index (χ3n) is 4.05. The molecule has 0 N–H and O–H groups in total. The van der Waals surface area contributed by atoms with E-state index in [9.17, 15) is 10.1 Å². The van der Waals surface area contributed by atoms with Gasteiger partial charge in [-0.1, -0.05) is 0 Å². The first kappa shape index (κ1) is 17.5. The summed E-state index contributed by atoms with van der Waals surface area (Å²) in [6, 6.07) is 4.96. The molecule has 23 heavy (non-hydrogen) atoms. The van der Waals surface area contributed by atoms with Crippen molar-refractivity contribution in [1.82, 2.24) is 4.90 Å². The molecule has 0 aliphatic carbocycles. The van der Waals surface area contributed by atoms with Gasteiger partial charge in [0.15, 0.2) is 5.75 Å². The molecule has 0 saturated carbocycles. The van der Waals surface area contributed by atoms with E-state index in [0.717, 1.165) is 31.9 Å². The molecular weight excluding hydrogens is 298 g/mol. The molecule has 0 radical (unpaired) electrons. The molecule has 7 heteroatoms. The van der Waals surface area contributed by atoms with E-state index in [2.05, 4.69) is 23.6 Å². The Kier molecular flexibility index (Phi) is 5.79. The van der Waals surface area contributed by atoms with E-state index in [4.69, 9.17) is 9.47 Å². The SMILES string of the molecule is COc1cc(N(C)CCN2C[C@@H](C)O[C@@H](C)C2)ccc1[N+](=O)[O-]. The molecule has 1 aromatic rings. The first-order valence-electron chi connectivity index (χ1n) is 7.82. The van der Waals surface area contributed by atoms with E-state index in [1.807, 2.05) is 7.05 Å². The standard InChI is InChI=1S/C16H25N3O4/c1-12-10-18(11-13(2)23-12)8-7-17(3)14-5-6-15(19(20)21)16(9-14)22-4/h5-6,9,12-13H,7-8,10-11H2,1-4H3/t12-,13+. The minimum Gasteiger partial charge on any atom is -0.490 e. The molecule has 0 aromatic heterocycles. The average Bonchev–Trinajstić information content (AvgIpc) is 2.50. The quantitative estimate of drug-likeness (QED) is 0.590. The van der Waals surface area contributed by atoms with E-state index in [1.165, 1.54) is 13.2 Å². The van der Waals surface area contributed by atoms with Crippen molar-refractivity contribution in [1.29, 1.82) is 0 Å². The number of ether oxygens (including phenoxy) is 2. The van der Waals surface area contributed by atoms with E-state index >= 15 is 0 Å². The summed E-state index contributed by atoms with van der Waals surface area (Å²) in [5.74, 6) is 0.285. The third kappa shape index (κ3) is 4.56. The van der Waals surface area contributed by atoms with Crippen LogP contribution < -0.4 is 9.64 Å². The predicted molar refractivity (Wildman–Crippen MR) is 89.4 cm³/mol. The van der Waals surface area contributed by atoms with Crippen LogP contribution in [0, 0.1) is 10.1 Å². The Morgan fingerprint density at radius 3 is 2.61 bits per heavy atom. The molecule has 7 nitrogen and oxygen atoms in total. The summed E-state index contributed by atoms with van der Waals surface area (Å²) >= 11 is 0. The monoisotopic (exact) mass is 323 g/mol. The molecule has 1 aromatic carbocycles. The smallest absolute Gasteiger partial charge is 0.311 e. The number of benzene rings is 1. The number of nitrogens with zero attached hydrogens (tertiary/aromatic N) is 3. The number of nitro groups is 1. The van der Waals surface area contributed by atoms with Crippen LogP contribution in [-0.2, 0) is 4.74 Å². The number of hydrogen-bond donors (Lipinski definition) is 0. The van der Waals surface area contributed by atoms with E-state index in [0.29, 0.717) is 0 Å². The van der Waals surface area contributed by atoms with Gasteiger partial charge in [0.1, 0.15) is 0 Å². The second kappa shape index (κ2) is 7.61. The Hall–Kier alpha value is -1.86. The molecule has 2 rings (SSSR count). The summed E-state index contributed by atoms with van der Waals surface area (Å²) in [4.78, 5) is 15.0. The Balaban J connectivity index is 1.97. The molecule has 2 atom stereocenters. The largest absolute Gasteiger partial charge is 0.490 e. The van der Waals surface area contributed by atoms with Crippen molar-refractivity contribution in [2.24, 2.45) is 0 Å². The Labute approximate surface area is 136 Å². The Bertz CT molecular complexity index is 542. The molecule has 128 valence electrons. The molecule has 0 bridgehead atoms. The Morgan fingerprint density at radius 1 is 1.39 bits per heavy atom. The van der Waals surface area contributed by atoms with E-state index < -0.39 is 4.92 Å². The number of anilines is 1. The summed E-state index contributed by atoms with van der Waals surface area (Å²) in [5, 5.41) is 10.9. The number of morpholine rings is 1. The van der Waals surface area contributed by atoms with Crippen LogP contribution in [0.5, 0.6) is 5.75 Å². The van der Waals surface area contributed by atoms with Gasteiger partial charge in [-0.3, -0.25) is 15.0 Å². The molecule has 0 spiro atoms.